The van der Waals surface area contributed by atoms with E-state index in [1.54, 1.807) is 18.2 Å². The van der Waals surface area contributed by atoms with Crippen LogP contribution in [0.1, 0.15) is 37.1 Å². The number of thiophene rings is 1. The molecule has 5 heterocycles. The number of carbonyl (C=O) groups excluding carboxylic acids is 1. The van der Waals surface area contributed by atoms with Crippen molar-refractivity contribution in [3.63, 3.8) is 0 Å². The molecule has 196 valence electrons. The van der Waals surface area contributed by atoms with E-state index in [9.17, 15) is 22.4 Å². The van der Waals surface area contributed by atoms with E-state index >= 15 is 4.39 Å². The second kappa shape index (κ2) is 7.85. The molecule has 1 saturated carbocycles. The van der Waals surface area contributed by atoms with E-state index in [2.05, 4.69) is 25.7 Å². The number of anilines is 1. The highest BCUT2D eigenvalue weighted by Crippen LogP contribution is 2.55. The zero-order valence-corrected chi connectivity index (χ0v) is 20.1. The van der Waals surface area contributed by atoms with Crippen molar-refractivity contribution in [2.45, 2.75) is 80.8 Å². The summed E-state index contributed by atoms with van der Waals surface area (Å²) in [6.45, 7) is -0.232. The topological polar surface area (TPSA) is 83.1 Å². The molecule has 4 aliphatic rings. The molecule has 6 atom stereocenters. The summed E-state index contributed by atoms with van der Waals surface area (Å²) in [5.74, 6) is -0.868. The van der Waals surface area contributed by atoms with Crippen molar-refractivity contribution >= 4 is 33.0 Å². The minimum atomic E-state index is -4.49. The van der Waals surface area contributed by atoms with Crippen LogP contribution in [0.4, 0.5) is 27.6 Å². The molecule has 7 rings (SSSR count). The first-order valence-corrected chi connectivity index (χ1v) is 13.0. The number of piperidine rings is 1. The summed E-state index contributed by atoms with van der Waals surface area (Å²) in [5, 5.41) is 9.89. The number of nitrogens with zero attached hydrogens (tertiary/aromatic N) is 3. The van der Waals surface area contributed by atoms with Crippen molar-refractivity contribution in [1.29, 1.82) is 0 Å². The lowest BCUT2D eigenvalue weighted by Gasteiger charge is -2.37. The molecule has 13 heteroatoms. The van der Waals surface area contributed by atoms with Crippen molar-refractivity contribution < 1.29 is 31.3 Å². The minimum absolute atomic E-state index is 0.00398. The van der Waals surface area contributed by atoms with Gasteiger partial charge >= 0.3 is 6.18 Å². The van der Waals surface area contributed by atoms with Gasteiger partial charge in [0.1, 0.15) is 6.17 Å². The molecule has 37 heavy (non-hydrogen) atoms. The fraction of sp³-hybridized carbons (Fsp3) is 0.542. The van der Waals surface area contributed by atoms with Crippen LogP contribution < -0.4 is 10.6 Å². The van der Waals surface area contributed by atoms with Crippen molar-refractivity contribution in [2.24, 2.45) is 0 Å². The van der Waals surface area contributed by atoms with Gasteiger partial charge in [-0.2, -0.15) is 18.2 Å². The number of hydrogen-bond acceptors (Lipinski definition) is 7. The average Bonchev–Trinajstić information content (AvgIpc) is 3.56. The molecule has 1 aliphatic carbocycles. The normalized spacial score (nSPS) is 30.9. The molecule has 2 aromatic heterocycles. The molecule has 3 aromatic rings. The van der Waals surface area contributed by atoms with Gasteiger partial charge in [0.05, 0.1) is 34.3 Å². The van der Waals surface area contributed by atoms with Crippen LogP contribution in [0.5, 0.6) is 0 Å². The van der Waals surface area contributed by atoms with Gasteiger partial charge < -0.3 is 15.2 Å². The Morgan fingerprint density at radius 3 is 2.76 bits per heavy atom. The summed E-state index contributed by atoms with van der Waals surface area (Å²) in [6.07, 6.45) is -4.92. The smallest absolute Gasteiger partial charge is 0.378 e. The van der Waals surface area contributed by atoms with E-state index in [1.807, 2.05) is 0 Å². The fourth-order valence-electron chi connectivity index (χ4n) is 5.84. The quantitative estimate of drug-likeness (QED) is 0.340. The molecule has 1 amide bonds. The molecule has 1 aromatic carbocycles. The Morgan fingerprint density at radius 2 is 2.00 bits per heavy atom. The summed E-state index contributed by atoms with van der Waals surface area (Å²) < 4.78 is 75.4. The molecule has 0 bridgehead atoms. The monoisotopic (exact) mass is 539 g/mol. The summed E-state index contributed by atoms with van der Waals surface area (Å²) >= 11 is 1.08. The Hall–Kier alpha value is -2.80. The molecule has 4 fully saturated rings. The van der Waals surface area contributed by atoms with Gasteiger partial charge in [-0.15, -0.1) is 11.3 Å². The van der Waals surface area contributed by atoms with Gasteiger partial charge in [0.2, 0.25) is 11.7 Å². The van der Waals surface area contributed by atoms with Gasteiger partial charge in [-0.1, -0.05) is 17.3 Å². The lowest BCUT2D eigenvalue weighted by atomic mass is 9.95. The van der Waals surface area contributed by atoms with Gasteiger partial charge in [-0.25, -0.2) is 8.78 Å². The third-order valence-electron chi connectivity index (χ3n) is 7.94. The van der Waals surface area contributed by atoms with Crippen LogP contribution in [0.2, 0.25) is 0 Å². The number of nitrogens with one attached hydrogen (secondary N) is 2. The Kier molecular flexibility index (Phi) is 4.95. The molecular weight excluding hydrogens is 517 g/mol. The molecular formula is C24H22F5N5O2S. The zero-order chi connectivity index (χ0) is 25.7. The number of aromatic nitrogens is 2. The van der Waals surface area contributed by atoms with Crippen LogP contribution in [0.3, 0.4) is 0 Å². The largest absolute Gasteiger partial charge is 0.393 e. The van der Waals surface area contributed by atoms with Crippen LogP contribution in [-0.2, 0) is 17.8 Å². The highest BCUT2D eigenvalue weighted by atomic mass is 32.1. The van der Waals surface area contributed by atoms with Crippen molar-refractivity contribution in [1.82, 2.24) is 20.4 Å². The lowest BCUT2D eigenvalue weighted by Crippen LogP contribution is -2.50. The molecule has 0 spiro atoms. The van der Waals surface area contributed by atoms with Gasteiger partial charge in [0.25, 0.3) is 5.91 Å². The van der Waals surface area contributed by atoms with E-state index in [0.717, 1.165) is 17.8 Å². The maximum absolute atomic E-state index is 15.1. The second-order valence-electron chi connectivity index (χ2n) is 10.4. The van der Waals surface area contributed by atoms with Gasteiger partial charge in [-0.3, -0.25) is 9.69 Å². The van der Waals surface area contributed by atoms with E-state index in [1.165, 1.54) is 0 Å². The number of fused-ring (bicyclic) bond motifs is 2. The first kappa shape index (κ1) is 23.3. The fourth-order valence-corrected chi connectivity index (χ4v) is 7.06. The predicted octanol–water partition coefficient (Wildman–Crippen LogP) is 4.52. The van der Waals surface area contributed by atoms with Crippen LogP contribution in [0.15, 0.2) is 22.7 Å². The van der Waals surface area contributed by atoms with Crippen LogP contribution in [0.25, 0.3) is 20.8 Å². The molecule has 2 unspecified atom stereocenters. The number of hydrogen-bond donors (Lipinski definition) is 2. The number of amides is 1. The zero-order valence-electron chi connectivity index (χ0n) is 19.3. The molecule has 0 radical (unpaired) electrons. The highest BCUT2D eigenvalue weighted by Gasteiger charge is 2.67. The maximum Gasteiger partial charge on any atom is 0.393 e. The summed E-state index contributed by atoms with van der Waals surface area (Å²) in [7, 11) is 0. The summed E-state index contributed by atoms with van der Waals surface area (Å²) in [4.78, 5) is 18.4. The van der Waals surface area contributed by atoms with E-state index < -0.39 is 36.4 Å². The number of alkyl halides is 5. The average molecular weight is 540 g/mol. The Balaban J connectivity index is 1.19. The van der Waals surface area contributed by atoms with Crippen molar-refractivity contribution in [2.75, 3.05) is 5.32 Å². The first-order chi connectivity index (χ1) is 17.6. The van der Waals surface area contributed by atoms with Crippen molar-refractivity contribution in [3.05, 3.63) is 29.7 Å². The Bertz CT molecular complexity index is 1400. The van der Waals surface area contributed by atoms with Crippen LogP contribution in [0, 0.1) is 0 Å². The summed E-state index contributed by atoms with van der Waals surface area (Å²) in [6, 6.07) is 5.39. The number of rotatable bonds is 7. The molecule has 2 N–H and O–H groups in total. The SMILES string of the molecule is O=C(NCc1nc(-c2sc3c(N[C@@H]4C[C@H]5C6C[C@@H]([C@@H]4F)N65)cccc3c2CC(F)(F)F)no1)C1(F)CC1. The standard InChI is InChI=1S/C24H22F5N5O2S/c25-18-13(6-14-15-7-16(18)34(14)15)31-12-3-1-2-10-11(8-24(27,28)29)20(37-19(10)12)21-32-17(36-33-21)9-30-22(35)23(26)4-5-23/h1-3,13-16,18,31H,4-9H2,(H,30,35)/t13-,14+,15?,16+,18-,34?/m1/s1. The Labute approximate surface area is 211 Å². The van der Waals surface area contributed by atoms with Crippen LogP contribution in [-0.4, -0.2) is 63.1 Å². The summed E-state index contributed by atoms with van der Waals surface area (Å²) in [5.41, 5.74) is -1.29. The maximum atomic E-state index is 15.1. The first-order valence-electron chi connectivity index (χ1n) is 12.2. The molecule has 3 saturated heterocycles. The van der Waals surface area contributed by atoms with E-state index in [4.69, 9.17) is 4.52 Å². The highest BCUT2D eigenvalue weighted by molar-refractivity contribution is 7.23. The number of carbonyl (C=O) groups is 1. The minimum Gasteiger partial charge on any atom is -0.378 e. The third kappa shape index (κ3) is 3.89. The predicted molar refractivity (Wildman–Crippen MR) is 125 cm³/mol. The molecule has 3 aliphatic heterocycles. The van der Waals surface area contributed by atoms with Gasteiger partial charge in [-0.05, 0) is 42.7 Å². The van der Waals surface area contributed by atoms with Gasteiger partial charge in [0, 0.05) is 18.1 Å². The van der Waals surface area contributed by atoms with E-state index in [0.29, 0.717) is 34.3 Å². The second-order valence-corrected chi connectivity index (χ2v) is 11.4. The lowest BCUT2D eigenvalue weighted by molar-refractivity contribution is -0.128. The number of benzene rings is 1. The number of halogens is 5. The van der Waals surface area contributed by atoms with Gasteiger partial charge in [0.15, 0.2) is 5.67 Å². The molecule has 7 nitrogen and oxygen atoms in total. The van der Waals surface area contributed by atoms with Crippen molar-refractivity contribution in [3.8, 4) is 10.7 Å². The Morgan fingerprint density at radius 1 is 1.22 bits per heavy atom. The van der Waals surface area contributed by atoms with E-state index in [-0.39, 0.29) is 47.6 Å². The third-order valence-corrected chi connectivity index (χ3v) is 9.21. The van der Waals surface area contributed by atoms with Crippen LogP contribution >= 0.6 is 11.3 Å².